The van der Waals surface area contributed by atoms with Crippen LogP contribution in [0.4, 0.5) is 11.4 Å². The number of para-hydroxylation sites is 1. The molecule has 0 radical (unpaired) electrons. The second-order valence-corrected chi connectivity index (χ2v) is 6.67. The lowest BCUT2D eigenvalue weighted by Crippen LogP contribution is -2.18. The molecule has 0 aromatic heterocycles. The average molecular weight is 306 g/mol. The fourth-order valence-corrected chi connectivity index (χ4v) is 2.47. The highest BCUT2D eigenvalue weighted by molar-refractivity contribution is 7.90. The molecule has 2 rings (SSSR count). The molecule has 0 atom stereocenters. The van der Waals surface area contributed by atoms with E-state index in [4.69, 9.17) is 12.2 Å². The van der Waals surface area contributed by atoms with Crippen LogP contribution < -0.4 is 10.6 Å². The van der Waals surface area contributed by atoms with Crippen molar-refractivity contribution in [3.8, 4) is 0 Å². The molecule has 0 aliphatic heterocycles. The Labute approximate surface area is 123 Å². The van der Waals surface area contributed by atoms with E-state index >= 15 is 0 Å². The summed E-state index contributed by atoms with van der Waals surface area (Å²) in [6.07, 6.45) is 1.18. The lowest BCUT2D eigenvalue weighted by molar-refractivity contribution is 0.602. The molecular weight excluding hydrogens is 292 g/mol. The van der Waals surface area contributed by atoms with Gasteiger partial charge >= 0.3 is 0 Å². The third-order valence-corrected chi connectivity index (χ3v) is 3.90. The fourth-order valence-electron chi connectivity index (χ4n) is 1.60. The third-order valence-electron chi connectivity index (χ3n) is 2.57. The van der Waals surface area contributed by atoms with Crippen molar-refractivity contribution >= 4 is 38.5 Å². The minimum Gasteiger partial charge on any atom is -0.332 e. The van der Waals surface area contributed by atoms with Gasteiger partial charge in [0.15, 0.2) is 14.9 Å². The molecule has 0 saturated carbocycles. The molecule has 0 amide bonds. The molecule has 0 unspecified atom stereocenters. The van der Waals surface area contributed by atoms with Gasteiger partial charge in [-0.05, 0) is 48.6 Å². The van der Waals surface area contributed by atoms with Gasteiger partial charge in [0.2, 0.25) is 0 Å². The van der Waals surface area contributed by atoms with Crippen molar-refractivity contribution in [1.29, 1.82) is 0 Å². The summed E-state index contributed by atoms with van der Waals surface area (Å²) in [6, 6.07) is 16.0. The Morgan fingerprint density at radius 1 is 0.900 bits per heavy atom. The van der Waals surface area contributed by atoms with Crippen LogP contribution in [0.5, 0.6) is 0 Å². The third kappa shape index (κ3) is 4.04. The molecule has 2 aromatic carbocycles. The van der Waals surface area contributed by atoms with Crippen LogP contribution in [0.2, 0.25) is 0 Å². The van der Waals surface area contributed by atoms with E-state index in [0.29, 0.717) is 5.11 Å². The van der Waals surface area contributed by atoms with E-state index in [9.17, 15) is 8.42 Å². The molecule has 0 fully saturated rings. The van der Waals surface area contributed by atoms with Gasteiger partial charge in [0.1, 0.15) is 0 Å². The molecule has 0 aliphatic carbocycles. The first-order valence-electron chi connectivity index (χ1n) is 5.88. The molecule has 2 N–H and O–H groups in total. The second kappa shape index (κ2) is 6.02. The number of hydrogen-bond donors (Lipinski definition) is 2. The van der Waals surface area contributed by atoms with Crippen LogP contribution >= 0.6 is 12.2 Å². The zero-order valence-corrected chi connectivity index (χ0v) is 12.5. The van der Waals surface area contributed by atoms with Crippen molar-refractivity contribution < 1.29 is 8.42 Å². The summed E-state index contributed by atoms with van der Waals surface area (Å²) < 4.78 is 22.7. The van der Waals surface area contributed by atoms with Crippen molar-refractivity contribution in [2.45, 2.75) is 4.90 Å². The van der Waals surface area contributed by atoms with E-state index in [1.807, 2.05) is 30.3 Å². The van der Waals surface area contributed by atoms with E-state index in [2.05, 4.69) is 10.6 Å². The number of sulfone groups is 1. The normalized spacial score (nSPS) is 10.8. The highest BCUT2D eigenvalue weighted by Crippen LogP contribution is 2.14. The van der Waals surface area contributed by atoms with Gasteiger partial charge in [-0.3, -0.25) is 0 Å². The van der Waals surface area contributed by atoms with E-state index in [0.717, 1.165) is 11.4 Å². The van der Waals surface area contributed by atoms with Crippen LogP contribution in [-0.2, 0) is 9.84 Å². The lowest BCUT2D eigenvalue weighted by atomic mass is 10.3. The highest BCUT2D eigenvalue weighted by atomic mass is 32.2. The number of thiocarbonyl (C=S) groups is 1. The largest absolute Gasteiger partial charge is 0.332 e. The maximum Gasteiger partial charge on any atom is 0.175 e. The maximum absolute atomic E-state index is 11.3. The molecule has 6 heteroatoms. The minimum absolute atomic E-state index is 0.282. The topological polar surface area (TPSA) is 58.2 Å². The monoisotopic (exact) mass is 306 g/mol. The maximum atomic E-state index is 11.3. The van der Waals surface area contributed by atoms with Gasteiger partial charge in [0.05, 0.1) is 4.90 Å². The zero-order valence-electron chi connectivity index (χ0n) is 10.8. The van der Waals surface area contributed by atoms with Crippen LogP contribution in [-0.4, -0.2) is 19.8 Å². The predicted molar refractivity (Wildman–Crippen MR) is 85.8 cm³/mol. The molecule has 104 valence electrons. The summed E-state index contributed by atoms with van der Waals surface area (Å²) in [6.45, 7) is 0. The Balaban J connectivity index is 2.02. The first kappa shape index (κ1) is 14.5. The molecule has 0 bridgehead atoms. The standard InChI is InChI=1S/C14H14N2O2S2/c1-20(17,18)13-9-7-12(8-10-13)16-14(19)15-11-5-3-2-4-6-11/h2-10H,1H3,(H2,15,16,19). The van der Waals surface area contributed by atoms with Gasteiger partial charge in [-0.25, -0.2) is 8.42 Å². The van der Waals surface area contributed by atoms with Crippen LogP contribution in [0, 0.1) is 0 Å². The van der Waals surface area contributed by atoms with Crippen LogP contribution in [0.25, 0.3) is 0 Å². The first-order valence-corrected chi connectivity index (χ1v) is 8.18. The fraction of sp³-hybridized carbons (Fsp3) is 0.0714. The van der Waals surface area contributed by atoms with Crippen LogP contribution in [0.3, 0.4) is 0 Å². The molecule has 0 aliphatic rings. The Morgan fingerprint density at radius 2 is 1.40 bits per heavy atom. The smallest absolute Gasteiger partial charge is 0.175 e. The van der Waals surface area contributed by atoms with Gasteiger partial charge in [0, 0.05) is 17.6 Å². The van der Waals surface area contributed by atoms with Crippen molar-refractivity contribution in [2.75, 3.05) is 16.9 Å². The first-order chi connectivity index (χ1) is 9.45. The van der Waals surface area contributed by atoms with E-state index in [-0.39, 0.29) is 4.90 Å². The van der Waals surface area contributed by atoms with Gasteiger partial charge in [-0.1, -0.05) is 18.2 Å². The Morgan fingerprint density at radius 3 is 1.90 bits per heavy atom. The van der Waals surface area contributed by atoms with Gasteiger partial charge in [-0.15, -0.1) is 0 Å². The molecule has 20 heavy (non-hydrogen) atoms. The zero-order chi connectivity index (χ0) is 14.6. The van der Waals surface area contributed by atoms with Gasteiger partial charge in [0.25, 0.3) is 0 Å². The van der Waals surface area contributed by atoms with Crippen molar-refractivity contribution in [3.63, 3.8) is 0 Å². The predicted octanol–water partition coefficient (Wildman–Crippen LogP) is 2.90. The number of benzene rings is 2. The van der Waals surface area contributed by atoms with Gasteiger partial charge < -0.3 is 10.6 Å². The SMILES string of the molecule is CS(=O)(=O)c1ccc(NC(=S)Nc2ccccc2)cc1. The van der Waals surface area contributed by atoms with Crippen molar-refractivity contribution in [2.24, 2.45) is 0 Å². The summed E-state index contributed by atoms with van der Waals surface area (Å²) in [5, 5.41) is 6.48. The van der Waals surface area contributed by atoms with Crippen molar-refractivity contribution in [3.05, 3.63) is 54.6 Å². The molecule has 0 spiro atoms. The summed E-state index contributed by atoms with van der Waals surface area (Å²) >= 11 is 5.18. The molecule has 2 aromatic rings. The Kier molecular flexibility index (Phi) is 4.36. The van der Waals surface area contributed by atoms with E-state index in [1.165, 1.54) is 6.26 Å². The second-order valence-electron chi connectivity index (χ2n) is 4.24. The van der Waals surface area contributed by atoms with E-state index < -0.39 is 9.84 Å². The average Bonchev–Trinajstić information content (AvgIpc) is 2.39. The Bertz CT molecular complexity index is 696. The minimum atomic E-state index is -3.17. The lowest BCUT2D eigenvalue weighted by Gasteiger charge is -2.10. The summed E-state index contributed by atoms with van der Waals surface area (Å²) in [5.41, 5.74) is 1.61. The van der Waals surface area contributed by atoms with Crippen LogP contribution in [0.15, 0.2) is 59.5 Å². The molecular formula is C14H14N2O2S2. The van der Waals surface area contributed by atoms with Gasteiger partial charge in [-0.2, -0.15) is 0 Å². The summed E-state index contributed by atoms with van der Waals surface area (Å²) in [4.78, 5) is 0.282. The summed E-state index contributed by atoms with van der Waals surface area (Å²) in [7, 11) is -3.17. The quantitative estimate of drug-likeness (QED) is 0.854. The number of rotatable bonds is 3. The number of nitrogens with one attached hydrogen (secondary N) is 2. The highest BCUT2D eigenvalue weighted by Gasteiger charge is 2.06. The number of anilines is 2. The molecule has 4 nitrogen and oxygen atoms in total. The van der Waals surface area contributed by atoms with Crippen LogP contribution in [0.1, 0.15) is 0 Å². The Hall–Kier alpha value is -1.92. The van der Waals surface area contributed by atoms with E-state index in [1.54, 1.807) is 24.3 Å². The number of hydrogen-bond acceptors (Lipinski definition) is 3. The summed E-state index contributed by atoms with van der Waals surface area (Å²) in [5.74, 6) is 0. The van der Waals surface area contributed by atoms with Crippen molar-refractivity contribution in [1.82, 2.24) is 0 Å². The molecule has 0 heterocycles. The molecule has 0 saturated heterocycles.